The molecule has 1 aromatic rings. The van der Waals surface area contributed by atoms with E-state index in [0.717, 1.165) is 5.56 Å². The van der Waals surface area contributed by atoms with E-state index in [4.69, 9.17) is 0 Å². The molecule has 0 amide bonds. The molecule has 0 spiro atoms. The molecular formula is C11H17NO2. The third-order valence-electron chi connectivity index (χ3n) is 1.97. The molecule has 1 aromatic carbocycles. The van der Waals surface area contributed by atoms with Gasteiger partial charge in [0.2, 0.25) is 0 Å². The Morgan fingerprint density at radius 2 is 2.07 bits per heavy atom. The Bertz CT molecular complexity index is 286. The Morgan fingerprint density at radius 3 is 2.64 bits per heavy atom. The van der Waals surface area contributed by atoms with Crippen molar-refractivity contribution >= 4 is 0 Å². The maximum absolute atomic E-state index is 9.72. The molecule has 0 unspecified atom stereocenters. The summed E-state index contributed by atoms with van der Waals surface area (Å²) in [6, 6.07) is 7.04. The van der Waals surface area contributed by atoms with Crippen LogP contribution in [0, 0.1) is 0 Å². The standard InChI is InChI=1S/C11H17NO2/c1-8(2)12-7-11(14)9-4-3-5-10(13)6-9/h3-6,8,11-14H,7H2,1-2H3/t11-/m1/s1. The number of aliphatic hydroxyl groups excluding tert-OH is 1. The average molecular weight is 195 g/mol. The van der Waals surface area contributed by atoms with Crippen molar-refractivity contribution in [1.82, 2.24) is 5.32 Å². The SMILES string of the molecule is CC(C)NC[C@@H](O)c1cccc(O)c1. The Labute approximate surface area is 84.4 Å². The van der Waals surface area contributed by atoms with Gasteiger partial charge >= 0.3 is 0 Å². The molecule has 3 heteroatoms. The van der Waals surface area contributed by atoms with E-state index in [2.05, 4.69) is 5.32 Å². The Kier molecular flexibility index (Phi) is 3.92. The van der Waals surface area contributed by atoms with Crippen molar-refractivity contribution in [3.05, 3.63) is 29.8 Å². The summed E-state index contributed by atoms with van der Waals surface area (Å²) in [5.74, 6) is 0.186. The maximum Gasteiger partial charge on any atom is 0.115 e. The molecule has 0 saturated heterocycles. The third kappa shape index (κ3) is 3.36. The molecule has 0 aromatic heterocycles. The minimum Gasteiger partial charge on any atom is -0.508 e. The van der Waals surface area contributed by atoms with E-state index < -0.39 is 6.10 Å². The van der Waals surface area contributed by atoms with Crippen molar-refractivity contribution in [1.29, 1.82) is 0 Å². The number of nitrogens with one attached hydrogen (secondary N) is 1. The molecule has 0 aliphatic heterocycles. The molecule has 14 heavy (non-hydrogen) atoms. The average Bonchev–Trinajstić information content (AvgIpc) is 2.14. The zero-order chi connectivity index (χ0) is 10.6. The van der Waals surface area contributed by atoms with Gasteiger partial charge in [0.05, 0.1) is 6.10 Å². The molecular weight excluding hydrogens is 178 g/mol. The number of aromatic hydroxyl groups is 1. The van der Waals surface area contributed by atoms with Crippen molar-refractivity contribution in [3.63, 3.8) is 0 Å². The molecule has 0 aliphatic rings. The van der Waals surface area contributed by atoms with Crippen LogP contribution in [0.1, 0.15) is 25.5 Å². The fraction of sp³-hybridized carbons (Fsp3) is 0.455. The van der Waals surface area contributed by atoms with Crippen LogP contribution in [0.5, 0.6) is 5.75 Å². The number of benzene rings is 1. The Morgan fingerprint density at radius 1 is 1.36 bits per heavy atom. The van der Waals surface area contributed by atoms with E-state index >= 15 is 0 Å². The molecule has 3 nitrogen and oxygen atoms in total. The van der Waals surface area contributed by atoms with Gasteiger partial charge in [-0.15, -0.1) is 0 Å². The number of phenolic OH excluding ortho intramolecular Hbond substituents is 1. The van der Waals surface area contributed by atoms with E-state index in [0.29, 0.717) is 12.6 Å². The van der Waals surface area contributed by atoms with Crippen molar-refractivity contribution in [2.45, 2.75) is 26.0 Å². The molecule has 1 rings (SSSR count). The lowest BCUT2D eigenvalue weighted by Crippen LogP contribution is -2.27. The van der Waals surface area contributed by atoms with Gasteiger partial charge in [0, 0.05) is 12.6 Å². The molecule has 3 N–H and O–H groups in total. The van der Waals surface area contributed by atoms with Gasteiger partial charge in [0.25, 0.3) is 0 Å². The number of aliphatic hydroxyl groups is 1. The molecule has 0 saturated carbocycles. The van der Waals surface area contributed by atoms with Crippen molar-refractivity contribution < 1.29 is 10.2 Å². The second-order valence-corrected chi connectivity index (χ2v) is 3.67. The predicted octanol–water partition coefficient (Wildman–Crippen LogP) is 1.42. The minimum absolute atomic E-state index is 0.186. The summed E-state index contributed by atoms with van der Waals surface area (Å²) in [6.45, 7) is 4.55. The summed E-state index contributed by atoms with van der Waals surface area (Å²) in [7, 11) is 0. The summed E-state index contributed by atoms with van der Waals surface area (Å²) >= 11 is 0. The predicted molar refractivity (Wildman–Crippen MR) is 56.2 cm³/mol. The zero-order valence-corrected chi connectivity index (χ0v) is 8.57. The highest BCUT2D eigenvalue weighted by Crippen LogP contribution is 2.17. The van der Waals surface area contributed by atoms with E-state index in [-0.39, 0.29) is 5.75 Å². The summed E-state index contributed by atoms with van der Waals surface area (Å²) in [6.07, 6.45) is -0.565. The smallest absolute Gasteiger partial charge is 0.115 e. The van der Waals surface area contributed by atoms with Gasteiger partial charge in [-0.05, 0) is 17.7 Å². The van der Waals surface area contributed by atoms with Gasteiger partial charge in [0.15, 0.2) is 0 Å². The lowest BCUT2D eigenvalue weighted by Gasteiger charge is -2.14. The molecule has 0 bridgehead atoms. The quantitative estimate of drug-likeness (QED) is 0.681. The first kappa shape index (κ1) is 11.0. The summed E-state index contributed by atoms with van der Waals surface area (Å²) in [5, 5.41) is 22.1. The van der Waals surface area contributed by atoms with Crippen molar-refractivity contribution in [2.75, 3.05) is 6.54 Å². The number of rotatable bonds is 4. The Hall–Kier alpha value is -1.06. The fourth-order valence-electron chi connectivity index (χ4n) is 1.20. The second-order valence-electron chi connectivity index (χ2n) is 3.67. The molecule has 0 heterocycles. The summed E-state index contributed by atoms with van der Waals surface area (Å²) in [5.41, 5.74) is 0.734. The van der Waals surface area contributed by atoms with Crippen LogP contribution in [-0.4, -0.2) is 22.8 Å². The van der Waals surface area contributed by atoms with Crippen LogP contribution >= 0.6 is 0 Å². The van der Waals surface area contributed by atoms with Gasteiger partial charge in [-0.25, -0.2) is 0 Å². The topological polar surface area (TPSA) is 52.5 Å². The van der Waals surface area contributed by atoms with Gasteiger partial charge in [-0.3, -0.25) is 0 Å². The molecule has 0 radical (unpaired) electrons. The van der Waals surface area contributed by atoms with Crippen molar-refractivity contribution in [3.8, 4) is 5.75 Å². The largest absolute Gasteiger partial charge is 0.508 e. The van der Waals surface area contributed by atoms with E-state index in [1.807, 2.05) is 13.8 Å². The monoisotopic (exact) mass is 195 g/mol. The first-order valence-corrected chi connectivity index (χ1v) is 4.80. The van der Waals surface area contributed by atoms with Crippen LogP contribution in [0.3, 0.4) is 0 Å². The molecule has 0 fully saturated rings. The van der Waals surface area contributed by atoms with E-state index in [9.17, 15) is 10.2 Å². The lowest BCUT2D eigenvalue weighted by molar-refractivity contribution is 0.171. The number of hydrogen-bond acceptors (Lipinski definition) is 3. The Balaban J connectivity index is 2.56. The third-order valence-corrected chi connectivity index (χ3v) is 1.97. The van der Waals surface area contributed by atoms with Crippen LogP contribution in [0.4, 0.5) is 0 Å². The lowest BCUT2D eigenvalue weighted by atomic mass is 10.1. The molecule has 1 atom stereocenters. The van der Waals surface area contributed by atoms with E-state index in [1.165, 1.54) is 0 Å². The minimum atomic E-state index is -0.565. The normalized spacial score (nSPS) is 13.1. The molecule has 78 valence electrons. The highest BCUT2D eigenvalue weighted by Gasteiger charge is 2.07. The zero-order valence-electron chi connectivity index (χ0n) is 8.57. The second kappa shape index (κ2) is 4.98. The van der Waals surface area contributed by atoms with Gasteiger partial charge in [-0.1, -0.05) is 26.0 Å². The molecule has 0 aliphatic carbocycles. The first-order valence-electron chi connectivity index (χ1n) is 4.80. The highest BCUT2D eigenvalue weighted by molar-refractivity contribution is 5.28. The fourth-order valence-corrected chi connectivity index (χ4v) is 1.20. The van der Waals surface area contributed by atoms with Gasteiger partial charge in [-0.2, -0.15) is 0 Å². The van der Waals surface area contributed by atoms with Crippen LogP contribution < -0.4 is 5.32 Å². The van der Waals surface area contributed by atoms with Gasteiger partial charge < -0.3 is 15.5 Å². The van der Waals surface area contributed by atoms with Gasteiger partial charge in [0.1, 0.15) is 5.75 Å². The number of hydrogen-bond donors (Lipinski definition) is 3. The van der Waals surface area contributed by atoms with Crippen LogP contribution in [0.2, 0.25) is 0 Å². The summed E-state index contributed by atoms with van der Waals surface area (Å²) < 4.78 is 0. The van der Waals surface area contributed by atoms with Crippen molar-refractivity contribution in [2.24, 2.45) is 0 Å². The maximum atomic E-state index is 9.72. The highest BCUT2D eigenvalue weighted by atomic mass is 16.3. The van der Waals surface area contributed by atoms with Crippen LogP contribution in [0.15, 0.2) is 24.3 Å². The van der Waals surface area contributed by atoms with Crippen LogP contribution in [-0.2, 0) is 0 Å². The van der Waals surface area contributed by atoms with E-state index in [1.54, 1.807) is 24.3 Å². The number of phenols is 1. The van der Waals surface area contributed by atoms with Crippen LogP contribution in [0.25, 0.3) is 0 Å². The first-order chi connectivity index (χ1) is 6.59. The summed E-state index contributed by atoms with van der Waals surface area (Å²) in [4.78, 5) is 0.